The molecule has 0 unspecified atom stereocenters. The Morgan fingerprint density at radius 1 is 1.17 bits per heavy atom. The summed E-state index contributed by atoms with van der Waals surface area (Å²) >= 11 is 29.7. The fourth-order valence-electron chi connectivity index (χ4n) is 3.58. The fraction of sp³-hybridized carbons (Fsp3) is 0.812. The Labute approximate surface area is 168 Å². The summed E-state index contributed by atoms with van der Waals surface area (Å²) in [6.07, 6.45) is 6.54. The van der Waals surface area contributed by atoms with Crippen LogP contribution in [0.5, 0.6) is 0 Å². The lowest BCUT2D eigenvalue weighted by molar-refractivity contribution is -0.124. The van der Waals surface area contributed by atoms with Crippen molar-refractivity contribution >= 4 is 63.9 Å². The van der Waals surface area contributed by atoms with Crippen LogP contribution in [0.4, 0.5) is 0 Å². The highest BCUT2D eigenvalue weighted by Crippen LogP contribution is 2.59. The average Bonchev–Trinajstić information content (AvgIpc) is 2.98. The van der Waals surface area contributed by atoms with Crippen LogP contribution in [0.3, 0.4) is 0 Å². The van der Waals surface area contributed by atoms with Gasteiger partial charge in [-0.15, -0.1) is 0 Å². The highest BCUT2D eigenvalue weighted by molar-refractivity contribution is 6.68. The number of hydrogen-bond donors (Lipinski definition) is 2. The molecule has 3 nitrogen and oxygen atoms in total. The summed E-state index contributed by atoms with van der Waals surface area (Å²) in [6.45, 7) is 3.99. The molecule has 0 bridgehead atoms. The number of hydrogen-bond acceptors (Lipinski definition) is 2. The molecule has 0 heterocycles. The van der Waals surface area contributed by atoms with Gasteiger partial charge in [0.2, 0.25) is 9.70 Å². The second-order valence-electron chi connectivity index (χ2n) is 7.27. The normalized spacial score (nSPS) is 28.1. The number of nitrogens with one attached hydrogen (secondary N) is 2. The molecular weight excluding hydrogens is 413 g/mol. The molecule has 2 N–H and O–H groups in total. The van der Waals surface area contributed by atoms with Gasteiger partial charge in [-0.05, 0) is 30.3 Å². The van der Waals surface area contributed by atoms with E-state index in [1.54, 1.807) is 6.08 Å². The molecule has 0 aromatic rings. The van der Waals surface area contributed by atoms with Crippen LogP contribution < -0.4 is 10.6 Å². The molecule has 2 aliphatic carbocycles. The topological polar surface area (TPSA) is 41.1 Å². The monoisotopic (exact) mass is 434 g/mol. The highest BCUT2D eigenvalue weighted by atomic mass is 35.6. The molecule has 0 saturated heterocycles. The predicted octanol–water partition coefficient (Wildman–Crippen LogP) is 5.31. The summed E-state index contributed by atoms with van der Waals surface area (Å²) in [5, 5.41) is 6.16. The lowest BCUT2D eigenvalue weighted by atomic mass is 9.95. The minimum Gasteiger partial charge on any atom is -0.336 e. The van der Waals surface area contributed by atoms with Gasteiger partial charge in [0.05, 0.1) is 5.92 Å². The Balaban J connectivity index is 2.01. The largest absolute Gasteiger partial charge is 0.336 e. The fourth-order valence-corrected chi connectivity index (χ4v) is 4.20. The zero-order chi connectivity index (χ0) is 18.1. The third kappa shape index (κ3) is 5.31. The Bertz CT molecular complexity index is 493. The third-order valence-corrected chi connectivity index (χ3v) is 6.03. The molecule has 0 aromatic carbocycles. The molecule has 0 aromatic heterocycles. The minimum absolute atomic E-state index is 0.0202. The van der Waals surface area contributed by atoms with E-state index in [4.69, 9.17) is 58.0 Å². The number of rotatable bonds is 5. The number of amides is 1. The van der Waals surface area contributed by atoms with Crippen molar-refractivity contribution in [3.63, 3.8) is 0 Å². The zero-order valence-electron chi connectivity index (χ0n) is 13.7. The first-order valence-corrected chi connectivity index (χ1v) is 10.1. The van der Waals surface area contributed by atoms with Gasteiger partial charge in [-0.25, -0.2) is 0 Å². The molecule has 8 heteroatoms. The van der Waals surface area contributed by atoms with Crippen LogP contribution in [0.1, 0.15) is 46.0 Å². The van der Waals surface area contributed by atoms with Crippen LogP contribution in [0, 0.1) is 17.3 Å². The first kappa shape index (κ1) is 20.9. The van der Waals surface area contributed by atoms with Gasteiger partial charge in [-0.2, -0.15) is 0 Å². The third-order valence-electron chi connectivity index (χ3n) is 5.12. The Hall–Kier alpha value is 0.620. The molecular formula is C16H23Cl5N2O. The van der Waals surface area contributed by atoms with Crippen molar-refractivity contribution < 1.29 is 4.79 Å². The number of halogens is 5. The molecule has 2 aliphatic rings. The molecule has 0 radical (unpaired) electrons. The van der Waals surface area contributed by atoms with Gasteiger partial charge in [0.25, 0.3) is 0 Å². The summed E-state index contributed by atoms with van der Waals surface area (Å²) in [6, 6.07) is 0.250. The minimum atomic E-state index is -1.62. The zero-order valence-corrected chi connectivity index (χ0v) is 17.5. The molecule has 0 aliphatic heterocycles. The first-order valence-electron chi connectivity index (χ1n) is 8.19. The predicted molar refractivity (Wildman–Crippen MR) is 103 cm³/mol. The van der Waals surface area contributed by atoms with Gasteiger partial charge in [0.15, 0.2) is 0 Å². The second-order valence-corrected chi connectivity index (χ2v) is 10.6. The van der Waals surface area contributed by atoms with Gasteiger partial charge in [0, 0.05) is 6.04 Å². The van der Waals surface area contributed by atoms with Gasteiger partial charge in [0.1, 0.15) is 10.7 Å². The van der Waals surface area contributed by atoms with E-state index in [2.05, 4.69) is 10.6 Å². The molecule has 2 saturated carbocycles. The van der Waals surface area contributed by atoms with Crippen LogP contribution >= 0.6 is 58.0 Å². The van der Waals surface area contributed by atoms with E-state index in [-0.39, 0.29) is 33.7 Å². The van der Waals surface area contributed by atoms with Crippen molar-refractivity contribution in [2.24, 2.45) is 17.3 Å². The summed E-state index contributed by atoms with van der Waals surface area (Å²) < 4.78 is -1.46. The van der Waals surface area contributed by atoms with Gasteiger partial charge in [-0.1, -0.05) is 91.1 Å². The molecule has 0 spiro atoms. The number of alkyl halides is 3. The summed E-state index contributed by atoms with van der Waals surface area (Å²) in [5.74, 6) is -0.420. The first-order chi connectivity index (χ1) is 11.0. The Kier molecular flexibility index (Phi) is 7.07. The van der Waals surface area contributed by atoms with Crippen LogP contribution in [-0.4, -0.2) is 21.9 Å². The van der Waals surface area contributed by atoms with Gasteiger partial charge >= 0.3 is 0 Å². The van der Waals surface area contributed by atoms with Gasteiger partial charge in [-0.3, -0.25) is 10.1 Å². The van der Waals surface area contributed by atoms with Crippen molar-refractivity contribution in [2.45, 2.75) is 62.0 Å². The Morgan fingerprint density at radius 2 is 1.75 bits per heavy atom. The second kappa shape index (κ2) is 8.10. The number of carbonyl (C=O) groups excluding carboxylic acids is 1. The lowest BCUT2D eigenvalue weighted by Gasteiger charge is -2.33. The quantitative estimate of drug-likeness (QED) is 0.453. The van der Waals surface area contributed by atoms with Crippen LogP contribution in [0.25, 0.3) is 0 Å². The summed E-state index contributed by atoms with van der Waals surface area (Å²) in [7, 11) is 0. The average molecular weight is 437 g/mol. The van der Waals surface area contributed by atoms with Gasteiger partial charge < -0.3 is 5.32 Å². The lowest BCUT2D eigenvalue weighted by Crippen LogP contribution is -2.57. The van der Waals surface area contributed by atoms with Crippen molar-refractivity contribution in [3.05, 3.63) is 10.6 Å². The smallest absolute Gasteiger partial charge is 0.225 e. The van der Waals surface area contributed by atoms with E-state index >= 15 is 0 Å². The molecule has 1 amide bonds. The maximum absolute atomic E-state index is 12.7. The van der Waals surface area contributed by atoms with Crippen LogP contribution in [-0.2, 0) is 4.79 Å². The molecule has 3 atom stereocenters. The van der Waals surface area contributed by atoms with E-state index in [9.17, 15) is 4.79 Å². The highest BCUT2D eigenvalue weighted by Gasteiger charge is 2.61. The van der Waals surface area contributed by atoms with E-state index in [1.807, 2.05) is 13.8 Å². The van der Waals surface area contributed by atoms with Crippen LogP contribution in [0.15, 0.2) is 10.6 Å². The molecule has 2 fully saturated rings. The molecule has 138 valence electrons. The van der Waals surface area contributed by atoms with E-state index < -0.39 is 9.96 Å². The Morgan fingerprint density at radius 3 is 2.25 bits per heavy atom. The van der Waals surface area contributed by atoms with E-state index in [0.29, 0.717) is 0 Å². The van der Waals surface area contributed by atoms with E-state index in [0.717, 1.165) is 25.7 Å². The molecule has 2 rings (SSSR count). The maximum Gasteiger partial charge on any atom is 0.225 e. The number of carbonyl (C=O) groups is 1. The SMILES string of the molecule is CC1(C)[C@H](C(=O)N[C@H](NC2CCCCC2)C(Cl)(Cl)Cl)[C@@H]1C=C(Cl)Cl. The van der Waals surface area contributed by atoms with Crippen molar-refractivity contribution in [2.75, 3.05) is 0 Å². The number of allylic oxidation sites excluding steroid dienone is 1. The summed E-state index contributed by atoms with van der Waals surface area (Å²) in [5.41, 5.74) is -0.220. The standard InChI is InChI=1S/C16H23Cl5N2O/c1-15(2)10(8-11(17)18)12(15)13(24)23-14(16(19,20)21)22-9-6-4-3-5-7-9/h8-10,12,14,22H,3-7H2,1-2H3,(H,23,24)/t10-,12-,14-/m0/s1. The summed E-state index contributed by atoms with van der Waals surface area (Å²) in [4.78, 5) is 12.7. The van der Waals surface area contributed by atoms with Crippen molar-refractivity contribution in [1.29, 1.82) is 0 Å². The van der Waals surface area contributed by atoms with Crippen molar-refractivity contribution in [1.82, 2.24) is 10.6 Å². The van der Waals surface area contributed by atoms with Crippen molar-refractivity contribution in [3.8, 4) is 0 Å². The van der Waals surface area contributed by atoms with Crippen LogP contribution in [0.2, 0.25) is 0 Å². The van der Waals surface area contributed by atoms with E-state index in [1.165, 1.54) is 6.42 Å². The maximum atomic E-state index is 12.7. The molecule has 24 heavy (non-hydrogen) atoms.